The maximum Gasteiger partial charge on any atom is 0.230 e. The monoisotopic (exact) mass is 443 g/mol. The van der Waals surface area contributed by atoms with Crippen molar-refractivity contribution in [1.82, 2.24) is 24.3 Å². The van der Waals surface area contributed by atoms with Crippen molar-refractivity contribution in [3.8, 4) is 11.4 Å². The van der Waals surface area contributed by atoms with Crippen LogP contribution in [-0.4, -0.2) is 43.0 Å². The minimum atomic E-state index is 0.311. The van der Waals surface area contributed by atoms with Crippen molar-refractivity contribution in [2.75, 3.05) is 22.5 Å². The minimum absolute atomic E-state index is 0.311. The molecule has 0 aliphatic heterocycles. The van der Waals surface area contributed by atoms with Gasteiger partial charge in [0.25, 0.3) is 0 Å². The van der Waals surface area contributed by atoms with Gasteiger partial charge in [-0.3, -0.25) is 4.40 Å². The molecule has 0 atom stereocenters. The fourth-order valence-corrected chi connectivity index (χ4v) is 4.44. The first kappa shape index (κ1) is 21.1. The third-order valence-electron chi connectivity index (χ3n) is 6.23. The Morgan fingerprint density at radius 2 is 1.88 bits per heavy atom. The maximum atomic E-state index is 6.21. The summed E-state index contributed by atoms with van der Waals surface area (Å²) in [6.45, 7) is 2.74. The number of fused-ring (bicyclic) bond motifs is 1. The van der Waals surface area contributed by atoms with Crippen molar-refractivity contribution in [1.29, 1.82) is 0 Å². The molecule has 33 heavy (non-hydrogen) atoms. The summed E-state index contributed by atoms with van der Waals surface area (Å²) in [6.07, 6.45) is 11.5. The van der Waals surface area contributed by atoms with Crippen LogP contribution in [0, 0.1) is 0 Å². The average Bonchev–Trinajstić information content (AvgIpc) is 3.28. The van der Waals surface area contributed by atoms with Crippen LogP contribution in [-0.2, 0) is 0 Å². The summed E-state index contributed by atoms with van der Waals surface area (Å²) in [5, 5.41) is 3.57. The molecule has 1 fully saturated rings. The predicted octanol–water partition coefficient (Wildman–Crippen LogP) is 3.61. The van der Waals surface area contributed by atoms with E-state index < -0.39 is 0 Å². The molecule has 3 aromatic heterocycles. The molecule has 0 radical (unpaired) electrons. The minimum Gasteiger partial charge on any atom is -0.397 e. The molecule has 170 valence electrons. The molecule has 1 aromatic carbocycles. The van der Waals surface area contributed by atoms with Crippen LogP contribution in [0.3, 0.4) is 0 Å². The van der Waals surface area contributed by atoms with E-state index in [4.69, 9.17) is 16.5 Å². The highest BCUT2D eigenvalue weighted by Gasteiger charge is 2.21. The molecule has 1 aliphatic rings. The van der Waals surface area contributed by atoms with E-state index in [-0.39, 0.29) is 0 Å². The number of para-hydroxylation sites is 2. The van der Waals surface area contributed by atoms with E-state index in [2.05, 4.69) is 27.2 Å². The molecular weight excluding hydrogens is 414 g/mol. The highest BCUT2D eigenvalue weighted by Crippen LogP contribution is 2.30. The lowest BCUT2D eigenvalue weighted by atomic mass is 9.92. The van der Waals surface area contributed by atoms with Gasteiger partial charge in [-0.1, -0.05) is 12.1 Å². The molecule has 3 heterocycles. The van der Waals surface area contributed by atoms with Crippen LogP contribution in [0.2, 0.25) is 0 Å². The highest BCUT2D eigenvalue weighted by atomic mass is 15.3. The Bertz CT molecular complexity index is 1240. The fraction of sp³-hybridized carbons (Fsp3) is 0.333. The van der Waals surface area contributed by atoms with Crippen molar-refractivity contribution in [2.45, 2.75) is 44.7 Å². The molecule has 9 heteroatoms. The number of hydrogen-bond donors (Lipinski definition) is 3. The van der Waals surface area contributed by atoms with Crippen LogP contribution >= 0.6 is 0 Å². The van der Waals surface area contributed by atoms with E-state index >= 15 is 0 Å². The number of rotatable bonds is 6. The topological polar surface area (TPSA) is 123 Å². The van der Waals surface area contributed by atoms with Crippen LogP contribution in [0.5, 0.6) is 0 Å². The molecule has 0 spiro atoms. The van der Waals surface area contributed by atoms with Crippen molar-refractivity contribution < 1.29 is 0 Å². The Labute approximate surface area is 192 Å². The van der Waals surface area contributed by atoms with Crippen LogP contribution in [0.15, 0.2) is 55.1 Å². The molecule has 1 aliphatic carbocycles. The second-order valence-corrected chi connectivity index (χ2v) is 8.41. The van der Waals surface area contributed by atoms with Crippen molar-refractivity contribution in [2.24, 2.45) is 5.73 Å². The molecule has 5 rings (SSSR count). The van der Waals surface area contributed by atoms with Crippen LogP contribution in [0.25, 0.3) is 17.0 Å². The molecule has 4 aromatic rings. The SMILES string of the molecule is CCN(c1nccc(-c2cnc3c(NC4CCC(N)CC4)nccn23)n1)c1ccccc1N. The normalized spacial score (nSPS) is 18.4. The molecule has 9 nitrogen and oxygen atoms in total. The largest absolute Gasteiger partial charge is 0.397 e. The molecule has 5 N–H and O–H groups in total. The third kappa shape index (κ3) is 4.19. The van der Waals surface area contributed by atoms with E-state index in [0.29, 0.717) is 30.3 Å². The first-order valence-corrected chi connectivity index (χ1v) is 11.4. The molecular formula is C24H29N9. The average molecular weight is 444 g/mol. The van der Waals surface area contributed by atoms with E-state index in [1.54, 1.807) is 12.4 Å². The van der Waals surface area contributed by atoms with Crippen LogP contribution < -0.4 is 21.7 Å². The summed E-state index contributed by atoms with van der Waals surface area (Å²) >= 11 is 0. The van der Waals surface area contributed by atoms with Gasteiger partial charge in [-0.15, -0.1) is 0 Å². The Balaban J connectivity index is 1.47. The van der Waals surface area contributed by atoms with Crippen molar-refractivity contribution >= 4 is 28.8 Å². The van der Waals surface area contributed by atoms with Gasteiger partial charge < -0.3 is 21.7 Å². The zero-order chi connectivity index (χ0) is 22.8. The number of nitrogen functional groups attached to an aromatic ring is 1. The lowest BCUT2D eigenvalue weighted by Crippen LogP contribution is -2.33. The van der Waals surface area contributed by atoms with Gasteiger partial charge in [0.1, 0.15) is 0 Å². The summed E-state index contributed by atoms with van der Waals surface area (Å²) in [6, 6.07) is 10.3. The van der Waals surface area contributed by atoms with Crippen molar-refractivity contribution in [3.05, 3.63) is 55.1 Å². The fourth-order valence-electron chi connectivity index (χ4n) is 4.44. The summed E-state index contributed by atoms with van der Waals surface area (Å²) in [5.74, 6) is 1.37. The quantitative estimate of drug-likeness (QED) is 0.386. The van der Waals surface area contributed by atoms with Gasteiger partial charge in [0, 0.05) is 37.2 Å². The van der Waals surface area contributed by atoms with Gasteiger partial charge in [0.15, 0.2) is 11.5 Å². The van der Waals surface area contributed by atoms with Gasteiger partial charge in [0.2, 0.25) is 5.95 Å². The van der Waals surface area contributed by atoms with Gasteiger partial charge in [-0.05, 0) is 50.8 Å². The summed E-state index contributed by atoms with van der Waals surface area (Å²) in [4.78, 5) is 20.6. The second-order valence-electron chi connectivity index (χ2n) is 8.41. The number of hydrogen-bond acceptors (Lipinski definition) is 8. The molecule has 1 saturated carbocycles. The van der Waals surface area contributed by atoms with Gasteiger partial charge >= 0.3 is 0 Å². The van der Waals surface area contributed by atoms with Crippen LogP contribution in [0.1, 0.15) is 32.6 Å². The zero-order valence-corrected chi connectivity index (χ0v) is 18.7. The Hall–Kier alpha value is -3.72. The predicted molar refractivity (Wildman–Crippen MR) is 131 cm³/mol. The first-order valence-electron chi connectivity index (χ1n) is 11.4. The standard InChI is InChI=1S/C24H29N9/c1-2-32(20-6-4-3-5-18(20)26)24-28-12-11-19(31-24)21-15-29-23-22(27-13-14-33(21)23)30-17-9-7-16(25)8-10-17/h3-6,11-17H,2,7-10,25-26H2,1H3,(H,27,30). The Morgan fingerprint density at radius 3 is 2.67 bits per heavy atom. The van der Waals surface area contributed by atoms with E-state index in [0.717, 1.165) is 54.2 Å². The molecule has 0 bridgehead atoms. The Kier molecular flexibility index (Phi) is 5.78. The smallest absolute Gasteiger partial charge is 0.230 e. The lowest BCUT2D eigenvalue weighted by Gasteiger charge is -2.27. The van der Waals surface area contributed by atoms with Gasteiger partial charge in [0.05, 0.1) is 29.0 Å². The van der Waals surface area contributed by atoms with E-state index in [1.807, 2.05) is 52.0 Å². The number of aromatic nitrogens is 5. The molecule has 0 amide bonds. The second kappa shape index (κ2) is 9.03. The maximum absolute atomic E-state index is 6.21. The number of imidazole rings is 1. The van der Waals surface area contributed by atoms with Gasteiger partial charge in [-0.25, -0.2) is 19.9 Å². The lowest BCUT2D eigenvalue weighted by molar-refractivity contribution is 0.410. The van der Waals surface area contributed by atoms with Crippen LogP contribution in [0.4, 0.5) is 23.1 Å². The van der Waals surface area contributed by atoms with E-state index in [1.165, 1.54) is 0 Å². The molecule has 0 unspecified atom stereocenters. The highest BCUT2D eigenvalue weighted by molar-refractivity contribution is 5.73. The van der Waals surface area contributed by atoms with Gasteiger partial charge in [-0.2, -0.15) is 0 Å². The Morgan fingerprint density at radius 1 is 1.06 bits per heavy atom. The molecule has 0 saturated heterocycles. The number of nitrogens with two attached hydrogens (primary N) is 2. The number of nitrogens with one attached hydrogen (secondary N) is 1. The number of nitrogens with zero attached hydrogens (tertiary/aromatic N) is 6. The third-order valence-corrected chi connectivity index (χ3v) is 6.23. The summed E-state index contributed by atoms with van der Waals surface area (Å²) in [7, 11) is 0. The van der Waals surface area contributed by atoms with Crippen molar-refractivity contribution in [3.63, 3.8) is 0 Å². The zero-order valence-electron chi connectivity index (χ0n) is 18.7. The number of anilines is 4. The first-order chi connectivity index (χ1) is 16.1. The van der Waals surface area contributed by atoms with E-state index in [9.17, 15) is 0 Å². The summed E-state index contributed by atoms with van der Waals surface area (Å²) < 4.78 is 2.02. The number of benzene rings is 1. The summed E-state index contributed by atoms with van der Waals surface area (Å²) in [5.41, 5.74) is 16.3.